The first-order valence-corrected chi connectivity index (χ1v) is 7.21. The predicted octanol–water partition coefficient (Wildman–Crippen LogP) is 3.08. The van der Waals surface area contributed by atoms with Gasteiger partial charge >= 0.3 is 0 Å². The minimum absolute atomic E-state index is 0.367. The highest BCUT2D eigenvalue weighted by Gasteiger charge is 2.23. The fourth-order valence-electron chi connectivity index (χ4n) is 2.96. The number of ether oxygens (including phenoxy) is 1. The molecule has 1 aromatic carbocycles. The SMILES string of the molecule is COc1ccccc1-n1cncc1C1CCCC(C)N1. The summed E-state index contributed by atoms with van der Waals surface area (Å²) < 4.78 is 7.60. The van der Waals surface area contributed by atoms with Gasteiger partial charge in [0.2, 0.25) is 0 Å². The molecular weight excluding hydrogens is 250 g/mol. The van der Waals surface area contributed by atoms with Gasteiger partial charge in [-0.3, -0.25) is 4.57 Å². The fourth-order valence-corrected chi connectivity index (χ4v) is 2.96. The molecule has 0 spiro atoms. The van der Waals surface area contributed by atoms with Crippen LogP contribution >= 0.6 is 0 Å². The second-order valence-electron chi connectivity index (χ2n) is 5.41. The van der Waals surface area contributed by atoms with Crippen molar-refractivity contribution in [3.63, 3.8) is 0 Å². The van der Waals surface area contributed by atoms with Crippen molar-refractivity contribution in [2.24, 2.45) is 0 Å². The number of hydrogen-bond acceptors (Lipinski definition) is 3. The molecule has 0 amide bonds. The number of aromatic nitrogens is 2. The summed E-state index contributed by atoms with van der Waals surface area (Å²) in [5.74, 6) is 0.871. The molecule has 1 aromatic heterocycles. The van der Waals surface area contributed by atoms with Crippen molar-refractivity contribution in [1.82, 2.24) is 14.9 Å². The zero-order valence-corrected chi connectivity index (χ0v) is 12.0. The molecule has 20 heavy (non-hydrogen) atoms. The van der Waals surface area contributed by atoms with Gasteiger partial charge in [-0.25, -0.2) is 4.98 Å². The smallest absolute Gasteiger partial charge is 0.142 e. The maximum Gasteiger partial charge on any atom is 0.142 e. The van der Waals surface area contributed by atoms with Gasteiger partial charge in [0.1, 0.15) is 5.75 Å². The number of nitrogens with zero attached hydrogens (tertiary/aromatic N) is 2. The highest BCUT2D eigenvalue weighted by molar-refractivity contribution is 5.47. The molecule has 106 valence electrons. The Bertz CT molecular complexity index is 579. The maximum absolute atomic E-state index is 5.46. The van der Waals surface area contributed by atoms with Crippen LogP contribution in [0, 0.1) is 0 Å². The van der Waals surface area contributed by atoms with Crippen LogP contribution in [-0.4, -0.2) is 22.7 Å². The zero-order chi connectivity index (χ0) is 13.9. The van der Waals surface area contributed by atoms with Crippen LogP contribution in [0.15, 0.2) is 36.8 Å². The van der Waals surface area contributed by atoms with Crippen molar-refractivity contribution >= 4 is 0 Å². The van der Waals surface area contributed by atoms with Gasteiger partial charge in [-0.2, -0.15) is 0 Å². The van der Waals surface area contributed by atoms with Crippen molar-refractivity contribution < 1.29 is 4.74 Å². The van der Waals surface area contributed by atoms with E-state index in [4.69, 9.17) is 4.74 Å². The predicted molar refractivity (Wildman–Crippen MR) is 79.3 cm³/mol. The molecule has 1 fully saturated rings. The number of nitrogens with one attached hydrogen (secondary N) is 1. The van der Waals surface area contributed by atoms with E-state index in [1.807, 2.05) is 30.7 Å². The van der Waals surface area contributed by atoms with Gasteiger partial charge in [-0.1, -0.05) is 12.1 Å². The number of piperidine rings is 1. The Labute approximate surface area is 119 Å². The highest BCUT2D eigenvalue weighted by atomic mass is 16.5. The van der Waals surface area contributed by atoms with E-state index in [9.17, 15) is 0 Å². The quantitative estimate of drug-likeness (QED) is 0.932. The number of benzene rings is 1. The zero-order valence-electron chi connectivity index (χ0n) is 12.0. The molecule has 4 heteroatoms. The molecule has 1 aliphatic rings. The van der Waals surface area contributed by atoms with Crippen molar-refractivity contribution in [1.29, 1.82) is 0 Å². The molecule has 2 heterocycles. The van der Waals surface area contributed by atoms with Crippen LogP contribution in [0.3, 0.4) is 0 Å². The molecule has 2 atom stereocenters. The summed E-state index contributed by atoms with van der Waals surface area (Å²) in [5.41, 5.74) is 2.25. The van der Waals surface area contributed by atoms with E-state index in [0.29, 0.717) is 12.1 Å². The van der Waals surface area contributed by atoms with Gasteiger partial charge < -0.3 is 10.1 Å². The third-order valence-corrected chi connectivity index (χ3v) is 3.98. The Kier molecular flexibility index (Phi) is 3.74. The van der Waals surface area contributed by atoms with Crippen molar-refractivity contribution in [3.8, 4) is 11.4 Å². The summed E-state index contributed by atoms with van der Waals surface area (Å²) in [7, 11) is 1.70. The van der Waals surface area contributed by atoms with Gasteiger partial charge in [0.05, 0.1) is 31.0 Å². The van der Waals surface area contributed by atoms with Crippen LogP contribution in [0.25, 0.3) is 5.69 Å². The Balaban J connectivity index is 1.97. The molecule has 2 aromatic rings. The second-order valence-corrected chi connectivity index (χ2v) is 5.41. The summed E-state index contributed by atoms with van der Waals surface area (Å²) in [6.07, 6.45) is 7.50. The molecule has 1 aliphatic heterocycles. The molecule has 0 bridgehead atoms. The number of methoxy groups -OCH3 is 1. The molecule has 2 unspecified atom stereocenters. The summed E-state index contributed by atoms with van der Waals surface area (Å²) in [4.78, 5) is 4.34. The van der Waals surface area contributed by atoms with Crippen LogP contribution in [-0.2, 0) is 0 Å². The summed E-state index contributed by atoms with van der Waals surface area (Å²) in [6.45, 7) is 2.25. The summed E-state index contributed by atoms with van der Waals surface area (Å²) in [6, 6.07) is 8.99. The lowest BCUT2D eigenvalue weighted by molar-refractivity contribution is 0.333. The molecule has 0 aliphatic carbocycles. The third-order valence-electron chi connectivity index (χ3n) is 3.98. The van der Waals surface area contributed by atoms with Crippen LogP contribution in [0.2, 0.25) is 0 Å². The van der Waals surface area contributed by atoms with Crippen molar-refractivity contribution in [2.45, 2.75) is 38.3 Å². The number of hydrogen-bond donors (Lipinski definition) is 1. The lowest BCUT2D eigenvalue weighted by Crippen LogP contribution is -2.35. The first-order valence-electron chi connectivity index (χ1n) is 7.21. The van der Waals surface area contributed by atoms with E-state index in [-0.39, 0.29) is 0 Å². The number of imidazole rings is 1. The molecule has 1 N–H and O–H groups in total. The maximum atomic E-state index is 5.46. The van der Waals surface area contributed by atoms with Crippen LogP contribution in [0.1, 0.15) is 37.9 Å². The van der Waals surface area contributed by atoms with Crippen molar-refractivity contribution in [3.05, 3.63) is 42.5 Å². The van der Waals surface area contributed by atoms with Crippen molar-refractivity contribution in [2.75, 3.05) is 7.11 Å². The average Bonchev–Trinajstić information content (AvgIpc) is 2.96. The first-order chi connectivity index (χ1) is 9.79. The molecule has 0 radical (unpaired) electrons. The molecular formula is C16H21N3O. The van der Waals surface area contributed by atoms with Gasteiger partial charge in [-0.15, -0.1) is 0 Å². The highest BCUT2D eigenvalue weighted by Crippen LogP contribution is 2.30. The molecule has 0 saturated carbocycles. The second kappa shape index (κ2) is 5.67. The molecule has 1 saturated heterocycles. The van der Waals surface area contributed by atoms with Gasteiger partial charge in [0.25, 0.3) is 0 Å². The van der Waals surface area contributed by atoms with Gasteiger partial charge in [0, 0.05) is 12.1 Å². The number of para-hydroxylation sites is 2. The monoisotopic (exact) mass is 271 g/mol. The topological polar surface area (TPSA) is 39.1 Å². The Hall–Kier alpha value is -1.81. The fraction of sp³-hybridized carbons (Fsp3) is 0.438. The molecule has 4 nitrogen and oxygen atoms in total. The van der Waals surface area contributed by atoms with Gasteiger partial charge in [0.15, 0.2) is 0 Å². The normalized spacial score (nSPS) is 22.7. The summed E-state index contributed by atoms with van der Waals surface area (Å²) in [5, 5.41) is 3.66. The minimum Gasteiger partial charge on any atom is -0.495 e. The van der Waals surface area contributed by atoms with E-state index < -0.39 is 0 Å². The minimum atomic E-state index is 0.367. The van der Waals surface area contributed by atoms with E-state index in [1.165, 1.54) is 18.5 Å². The van der Waals surface area contributed by atoms with Crippen LogP contribution in [0.5, 0.6) is 5.75 Å². The van der Waals surface area contributed by atoms with E-state index in [1.54, 1.807) is 7.11 Å². The summed E-state index contributed by atoms with van der Waals surface area (Å²) >= 11 is 0. The largest absolute Gasteiger partial charge is 0.495 e. The average molecular weight is 271 g/mol. The van der Waals surface area contributed by atoms with E-state index in [0.717, 1.165) is 17.9 Å². The van der Waals surface area contributed by atoms with Crippen LogP contribution < -0.4 is 10.1 Å². The Morgan fingerprint density at radius 3 is 2.95 bits per heavy atom. The number of rotatable bonds is 3. The molecule has 3 rings (SSSR count). The van der Waals surface area contributed by atoms with E-state index in [2.05, 4.69) is 27.9 Å². The third kappa shape index (κ3) is 2.43. The van der Waals surface area contributed by atoms with Crippen LogP contribution in [0.4, 0.5) is 0 Å². The lowest BCUT2D eigenvalue weighted by Gasteiger charge is -2.29. The van der Waals surface area contributed by atoms with E-state index >= 15 is 0 Å². The Morgan fingerprint density at radius 2 is 2.15 bits per heavy atom. The van der Waals surface area contributed by atoms with Gasteiger partial charge in [-0.05, 0) is 38.3 Å². The Morgan fingerprint density at radius 1 is 1.30 bits per heavy atom. The first kappa shape index (κ1) is 13.2. The standard InChI is InChI=1S/C16H21N3O/c1-12-6-5-7-13(18-12)15-10-17-11-19(15)14-8-3-4-9-16(14)20-2/h3-4,8-13,18H,5-7H2,1-2H3. The lowest BCUT2D eigenvalue weighted by atomic mass is 9.97.